The van der Waals surface area contributed by atoms with Crippen LogP contribution in [0.5, 0.6) is 0 Å². The maximum absolute atomic E-state index is 11.6. The van der Waals surface area contributed by atoms with E-state index in [-0.39, 0.29) is 0 Å². The molecular formula is C14H12BrClN2O. The maximum atomic E-state index is 11.6. The summed E-state index contributed by atoms with van der Waals surface area (Å²) >= 11 is 9.34. The predicted molar refractivity (Wildman–Crippen MR) is 81.2 cm³/mol. The van der Waals surface area contributed by atoms with Crippen LogP contribution in [0.2, 0.25) is 5.02 Å². The van der Waals surface area contributed by atoms with Crippen molar-refractivity contribution in [1.29, 1.82) is 0 Å². The molecule has 19 heavy (non-hydrogen) atoms. The van der Waals surface area contributed by atoms with Gasteiger partial charge in [-0.05, 0) is 29.8 Å². The highest BCUT2D eigenvalue weighted by Gasteiger charge is 2.19. The smallest absolute Gasteiger partial charge is 0.244 e. The molecule has 2 aromatic carbocycles. The fourth-order valence-corrected chi connectivity index (χ4v) is 2.46. The summed E-state index contributed by atoms with van der Waals surface area (Å²) in [7, 11) is 0. The van der Waals surface area contributed by atoms with Gasteiger partial charge in [0.15, 0.2) is 0 Å². The van der Waals surface area contributed by atoms with Crippen molar-refractivity contribution in [1.82, 2.24) is 0 Å². The number of rotatable bonds is 4. The van der Waals surface area contributed by atoms with E-state index in [1.165, 1.54) is 0 Å². The van der Waals surface area contributed by atoms with Crippen molar-refractivity contribution in [3.05, 3.63) is 63.6 Å². The first kappa shape index (κ1) is 13.9. The van der Waals surface area contributed by atoms with E-state index in [1.807, 2.05) is 36.4 Å². The van der Waals surface area contributed by atoms with Gasteiger partial charge in [-0.1, -0.05) is 51.8 Å². The van der Waals surface area contributed by atoms with Gasteiger partial charge in [-0.25, -0.2) is 0 Å². The lowest BCUT2D eigenvalue weighted by Crippen LogP contribution is -2.28. The molecule has 0 spiro atoms. The Morgan fingerprint density at radius 1 is 1.21 bits per heavy atom. The summed E-state index contributed by atoms with van der Waals surface area (Å²) in [5.41, 5.74) is 7.00. The molecule has 1 unspecified atom stereocenters. The van der Waals surface area contributed by atoms with Gasteiger partial charge < -0.3 is 11.1 Å². The van der Waals surface area contributed by atoms with Crippen molar-refractivity contribution in [3.63, 3.8) is 0 Å². The second-order valence-corrected chi connectivity index (χ2v) is 5.30. The van der Waals surface area contributed by atoms with Gasteiger partial charge in [-0.2, -0.15) is 0 Å². The Bertz CT molecular complexity index is 604. The first-order valence-electron chi connectivity index (χ1n) is 5.64. The summed E-state index contributed by atoms with van der Waals surface area (Å²) < 4.78 is 0.827. The highest BCUT2D eigenvalue weighted by atomic mass is 79.9. The molecule has 0 aliphatic carbocycles. The maximum Gasteiger partial charge on any atom is 0.244 e. The molecule has 0 radical (unpaired) electrons. The number of primary amides is 1. The van der Waals surface area contributed by atoms with E-state index < -0.39 is 11.9 Å². The molecule has 1 atom stereocenters. The lowest BCUT2D eigenvalue weighted by molar-refractivity contribution is -0.118. The van der Waals surface area contributed by atoms with Crippen LogP contribution in [-0.2, 0) is 4.79 Å². The van der Waals surface area contributed by atoms with Gasteiger partial charge in [0.25, 0.3) is 0 Å². The van der Waals surface area contributed by atoms with Crippen molar-refractivity contribution in [2.24, 2.45) is 5.73 Å². The van der Waals surface area contributed by atoms with E-state index in [9.17, 15) is 4.79 Å². The Labute approximate surface area is 124 Å². The average molecular weight is 340 g/mol. The van der Waals surface area contributed by atoms with Crippen LogP contribution in [0.3, 0.4) is 0 Å². The molecule has 0 saturated carbocycles. The van der Waals surface area contributed by atoms with Gasteiger partial charge in [-0.3, -0.25) is 4.79 Å². The second kappa shape index (κ2) is 6.08. The van der Waals surface area contributed by atoms with E-state index >= 15 is 0 Å². The number of carbonyl (C=O) groups excluding carboxylic acids is 1. The molecule has 3 nitrogen and oxygen atoms in total. The third kappa shape index (κ3) is 3.49. The Hall–Kier alpha value is -1.52. The average Bonchev–Trinajstić information content (AvgIpc) is 2.37. The van der Waals surface area contributed by atoms with Crippen LogP contribution in [0.15, 0.2) is 53.0 Å². The zero-order valence-electron chi connectivity index (χ0n) is 9.94. The van der Waals surface area contributed by atoms with Gasteiger partial charge in [0, 0.05) is 15.2 Å². The summed E-state index contributed by atoms with van der Waals surface area (Å²) in [5.74, 6) is -0.452. The van der Waals surface area contributed by atoms with Gasteiger partial charge in [0.2, 0.25) is 5.91 Å². The number of halogens is 2. The number of carbonyl (C=O) groups is 1. The lowest BCUT2D eigenvalue weighted by atomic mass is 10.1. The molecular weight excluding hydrogens is 328 g/mol. The van der Waals surface area contributed by atoms with Crippen LogP contribution in [0.1, 0.15) is 11.6 Å². The Morgan fingerprint density at radius 2 is 1.95 bits per heavy atom. The van der Waals surface area contributed by atoms with Crippen LogP contribution >= 0.6 is 27.5 Å². The fraction of sp³-hybridized carbons (Fsp3) is 0.0714. The first-order chi connectivity index (χ1) is 9.08. The van der Waals surface area contributed by atoms with E-state index in [2.05, 4.69) is 21.2 Å². The van der Waals surface area contributed by atoms with E-state index in [0.717, 1.165) is 15.7 Å². The molecule has 3 N–H and O–H groups in total. The minimum atomic E-state index is -0.617. The first-order valence-corrected chi connectivity index (χ1v) is 6.81. The van der Waals surface area contributed by atoms with Crippen molar-refractivity contribution in [2.75, 3.05) is 5.32 Å². The predicted octanol–water partition coefficient (Wildman–Crippen LogP) is 3.74. The minimum Gasteiger partial charge on any atom is -0.370 e. The molecule has 0 aliphatic heterocycles. The summed E-state index contributed by atoms with van der Waals surface area (Å²) in [5, 5.41) is 3.68. The zero-order valence-corrected chi connectivity index (χ0v) is 12.3. The largest absolute Gasteiger partial charge is 0.370 e. The number of hydrogen-bond donors (Lipinski definition) is 2. The highest BCUT2D eigenvalue weighted by Crippen LogP contribution is 2.27. The number of anilines is 1. The van der Waals surface area contributed by atoms with Crippen LogP contribution in [-0.4, -0.2) is 5.91 Å². The molecule has 0 heterocycles. The quantitative estimate of drug-likeness (QED) is 0.891. The van der Waals surface area contributed by atoms with Crippen LogP contribution in [0.25, 0.3) is 0 Å². The SMILES string of the molecule is NC(=O)C(Nc1cccc(Cl)c1)c1ccccc1Br. The van der Waals surface area contributed by atoms with Gasteiger partial charge in [0.1, 0.15) is 6.04 Å². The van der Waals surface area contributed by atoms with Gasteiger partial charge >= 0.3 is 0 Å². The normalized spacial score (nSPS) is 11.9. The fourth-order valence-electron chi connectivity index (χ4n) is 1.76. The Kier molecular flexibility index (Phi) is 4.45. The third-order valence-electron chi connectivity index (χ3n) is 2.64. The van der Waals surface area contributed by atoms with E-state index in [0.29, 0.717) is 5.02 Å². The van der Waals surface area contributed by atoms with Crippen LogP contribution in [0, 0.1) is 0 Å². The monoisotopic (exact) mass is 338 g/mol. The molecule has 0 aromatic heterocycles. The number of amides is 1. The second-order valence-electron chi connectivity index (χ2n) is 4.01. The van der Waals surface area contributed by atoms with Crippen LogP contribution in [0.4, 0.5) is 5.69 Å². The molecule has 0 fully saturated rings. The van der Waals surface area contributed by atoms with Gasteiger partial charge in [0.05, 0.1) is 0 Å². The van der Waals surface area contributed by atoms with Crippen molar-refractivity contribution >= 4 is 39.1 Å². The number of hydrogen-bond acceptors (Lipinski definition) is 2. The molecule has 0 saturated heterocycles. The topological polar surface area (TPSA) is 55.1 Å². The summed E-state index contributed by atoms with van der Waals surface area (Å²) in [6.45, 7) is 0. The molecule has 0 aliphatic rings. The molecule has 1 amide bonds. The molecule has 0 bridgehead atoms. The standard InChI is InChI=1S/C14H12BrClN2O/c15-12-7-2-1-6-11(12)13(14(17)19)18-10-5-3-4-9(16)8-10/h1-8,13,18H,(H2,17,19). The number of nitrogens with two attached hydrogens (primary N) is 1. The molecule has 5 heteroatoms. The third-order valence-corrected chi connectivity index (χ3v) is 3.59. The highest BCUT2D eigenvalue weighted by molar-refractivity contribution is 9.10. The van der Waals surface area contributed by atoms with Crippen molar-refractivity contribution < 1.29 is 4.79 Å². The molecule has 2 rings (SSSR count). The lowest BCUT2D eigenvalue weighted by Gasteiger charge is -2.18. The van der Waals surface area contributed by atoms with Gasteiger partial charge in [-0.15, -0.1) is 0 Å². The Morgan fingerprint density at radius 3 is 2.58 bits per heavy atom. The van der Waals surface area contributed by atoms with Crippen molar-refractivity contribution in [3.8, 4) is 0 Å². The number of benzene rings is 2. The Balaban J connectivity index is 2.32. The molecule has 98 valence electrons. The van der Waals surface area contributed by atoms with E-state index in [1.54, 1.807) is 12.1 Å². The molecule has 2 aromatic rings. The summed E-state index contributed by atoms with van der Waals surface area (Å²) in [4.78, 5) is 11.6. The van der Waals surface area contributed by atoms with Crippen molar-refractivity contribution in [2.45, 2.75) is 6.04 Å². The zero-order chi connectivity index (χ0) is 13.8. The number of nitrogens with one attached hydrogen (secondary N) is 1. The summed E-state index contributed by atoms with van der Waals surface area (Å²) in [6, 6.07) is 14.0. The van der Waals surface area contributed by atoms with Crippen LogP contribution < -0.4 is 11.1 Å². The summed E-state index contributed by atoms with van der Waals surface area (Å²) in [6.07, 6.45) is 0. The minimum absolute atomic E-state index is 0.452. The van der Waals surface area contributed by atoms with E-state index in [4.69, 9.17) is 17.3 Å².